The number of hydrogen-bond acceptors (Lipinski definition) is 2. The Balaban J connectivity index is 2.49. The lowest BCUT2D eigenvalue weighted by atomic mass is 10.1. The van der Waals surface area contributed by atoms with Gasteiger partial charge in [0, 0.05) is 29.2 Å². The molecule has 0 atom stereocenters. The zero-order valence-corrected chi connectivity index (χ0v) is 11.6. The van der Waals surface area contributed by atoms with Crippen molar-refractivity contribution in [2.45, 2.75) is 26.7 Å². The van der Waals surface area contributed by atoms with Crippen molar-refractivity contribution >= 4 is 5.97 Å². The van der Waals surface area contributed by atoms with E-state index in [1.54, 1.807) is 6.20 Å². The third-order valence-corrected chi connectivity index (χ3v) is 3.29. The fraction of sp³-hybridized carbons (Fsp3) is 0.250. The monoisotopic (exact) mass is 271 g/mol. The summed E-state index contributed by atoms with van der Waals surface area (Å²) in [4.78, 5) is 22.6. The lowest BCUT2D eigenvalue weighted by Crippen LogP contribution is -2.17. The number of carboxylic acids is 1. The summed E-state index contributed by atoms with van der Waals surface area (Å²) in [5.41, 5.74) is 3.01. The molecule has 20 heavy (non-hydrogen) atoms. The molecule has 0 saturated carbocycles. The molecule has 0 amide bonds. The molecule has 4 heteroatoms. The van der Waals surface area contributed by atoms with Gasteiger partial charge in [-0.2, -0.15) is 0 Å². The zero-order valence-electron chi connectivity index (χ0n) is 11.6. The smallest absolute Gasteiger partial charge is 0.308 e. The van der Waals surface area contributed by atoms with Crippen LogP contribution in [-0.4, -0.2) is 15.6 Å². The van der Waals surface area contributed by atoms with Crippen molar-refractivity contribution < 1.29 is 9.90 Å². The van der Waals surface area contributed by atoms with Crippen molar-refractivity contribution in [1.82, 2.24) is 4.57 Å². The summed E-state index contributed by atoms with van der Waals surface area (Å²) in [6, 6.07) is 9.49. The highest BCUT2D eigenvalue weighted by Gasteiger charge is 2.09. The molecular weight excluding hydrogens is 254 g/mol. The van der Waals surface area contributed by atoms with Gasteiger partial charge in [-0.15, -0.1) is 0 Å². The predicted molar refractivity (Wildman–Crippen MR) is 77.5 cm³/mol. The first-order valence-electron chi connectivity index (χ1n) is 6.54. The number of benzene rings is 1. The summed E-state index contributed by atoms with van der Waals surface area (Å²) in [7, 11) is 0. The summed E-state index contributed by atoms with van der Waals surface area (Å²) < 4.78 is 1.85. The van der Waals surface area contributed by atoms with Crippen LogP contribution in [0.4, 0.5) is 0 Å². The van der Waals surface area contributed by atoms with E-state index >= 15 is 0 Å². The van der Waals surface area contributed by atoms with Crippen LogP contribution in [-0.2, 0) is 17.6 Å². The number of aliphatic carboxylic acids is 1. The Kier molecular flexibility index (Phi) is 4.03. The highest BCUT2D eigenvalue weighted by molar-refractivity contribution is 5.70. The molecule has 0 bridgehead atoms. The van der Waals surface area contributed by atoms with Crippen molar-refractivity contribution in [3.05, 3.63) is 63.6 Å². The number of pyridine rings is 1. The van der Waals surface area contributed by atoms with Gasteiger partial charge in [-0.1, -0.05) is 19.1 Å². The summed E-state index contributed by atoms with van der Waals surface area (Å²) >= 11 is 0. The SMILES string of the molecule is CCc1ccc(-n2cc(CC(=O)O)c(=O)cc2C)cc1. The minimum atomic E-state index is -1.00. The number of nitrogens with zero attached hydrogens (tertiary/aromatic N) is 1. The molecule has 4 nitrogen and oxygen atoms in total. The Bertz CT molecular complexity index is 684. The van der Waals surface area contributed by atoms with Gasteiger partial charge in [0.1, 0.15) is 0 Å². The van der Waals surface area contributed by atoms with E-state index in [1.165, 1.54) is 11.6 Å². The molecule has 0 aliphatic rings. The van der Waals surface area contributed by atoms with Crippen molar-refractivity contribution in [3.63, 3.8) is 0 Å². The van der Waals surface area contributed by atoms with E-state index in [4.69, 9.17) is 5.11 Å². The molecule has 1 N–H and O–H groups in total. The van der Waals surface area contributed by atoms with E-state index in [-0.39, 0.29) is 11.8 Å². The second kappa shape index (κ2) is 5.74. The highest BCUT2D eigenvalue weighted by Crippen LogP contribution is 2.13. The van der Waals surface area contributed by atoms with Crippen LogP contribution >= 0.6 is 0 Å². The van der Waals surface area contributed by atoms with Gasteiger partial charge in [-0.05, 0) is 31.0 Å². The van der Waals surface area contributed by atoms with Crippen LogP contribution in [0.1, 0.15) is 23.7 Å². The number of aryl methyl sites for hydroxylation is 2. The van der Waals surface area contributed by atoms with Gasteiger partial charge in [-0.3, -0.25) is 9.59 Å². The summed E-state index contributed by atoms with van der Waals surface area (Å²) in [6.45, 7) is 3.92. The van der Waals surface area contributed by atoms with Crippen molar-refractivity contribution in [1.29, 1.82) is 0 Å². The molecule has 0 spiro atoms. The normalized spacial score (nSPS) is 10.5. The molecule has 2 aromatic rings. The first-order valence-corrected chi connectivity index (χ1v) is 6.54. The summed E-state index contributed by atoms with van der Waals surface area (Å²) in [5, 5.41) is 8.84. The van der Waals surface area contributed by atoms with Crippen LogP contribution in [0.3, 0.4) is 0 Å². The van der Waals surface area contributed by atoms with Gasteiger partial charge in [0.2, 0.25) is 0 Å². The molecule has 0 saturated heterocycles. The standard InChI is InChI=1S/C16H17NO3/c1-3-12-4-6-14(7-5-12)17-10-13(9-16(19)20)15(18)8-11(17)2/h4-8,10H,3,9H2,1-2H3,(H,19,20). The maximum atomic E-state index is 11.8. The highest BCUT2D eigenvalue weighted by atomic mass is 16.4. The van der Waals surface area contributed by atoms with Crippen molar-refractivity contribution in [2.75, 3.05) is 0 Å². The van der Waals surface area contributed by atoms with Crippen LogP contribution < -0.4 is 5.43 Å². The molecule has 0 aliphatic carbocycles. The van der Waals surface area contributed by atoms with Gasteiger partial charge >= 0.3 is 5.97 Å². The Morgan fingerprint density at radius 3 is 2.45 bits per heavy atom. The summed E-state index contributed by atoms with van der Waals surface area (Å²) in [5.74, 6) is -1.00. The molecule has 1 heterocycles. The minimum Gasteiger partial charge on any atom is -0.481 e. The number of hydrogen-bond donors (Lipinski definition) is 1. The fourth-order valence-corrected chi connectivity index (χ4v) is 2.14. The van der Waals surface area contributed by atoms with Gasteiger partial charge in [0.15, 0.2) is 5.43 Å². The van der Waals surface area contributed by atoms with Gasteiger partial charge in [0.25, 0.3) is 0 Å². The molecular formula is C16H17NO3. The third-order valence-electron chi connectivity index (χ3n) is 3.29. The maximum absolute atomic E-state index is 11.8. The van der Waals surface area contributed by atoms with Gasteiger partial charge in [-0.25, -0.2) is 0 Å². The fourth-order valence-electron chi connectivity index (χ4n) is 2.14. The number of aromatic nitrogens is 1. The van der Waals surface area contributed by atoms with E-state index in [9.17, 15) is 9.59 Å². The lowest BCUT2D eigenvalue weighted by Gasteiger charge is -2.12. The summed E-state index contributed by atoms with van der Waals surface area (Å²) in [6.07, 6.45) is 2.33. The largest absolute Gasteiger partial charge is 0.481 e. The molecule has 0 radical (unpaired) electrons. The molecule has 1 aromatic heterocycles. The molecule has 1 aromatic carbocycles. The van der Waals surface area contributed by atoms with E-state index in [0.717, 1.165) is 17.8 Å². The quantitative estimate of drug-likeness (QED) is 0.928. The Labute approximate surface area is 117 Å². The second-order valence-corrected chi connectivity index (χ2v) is 4.76. The molecule has 0 fully saturated rings. The molecule has 0 unspecified atom stereocenters. The Hall–Kier alpha value is -2.36. The first-order chi connectivity index (χ1) is 9.51. The Morgan fingerprint density at radius 1 is 1.25 bits per heavy atom. The number of carbonyl (C=O) groups is 1. The Morgan fingerprint density at radius 2 is 1.90 bits per heavy atom. The second-order valence-electron chi connectivity index (χ2n) is 4.76. The van der Waals surface area contributed by atoms with Crippen molar-refractivity contribution in [3.8, 4) is 5.69 Å². The third kappa shape index (κ3) is 2.96. The van der Waals surface area contributed by atoms with Gasteiger partial charge < -0.3 is 9.67 Å². The van der Waals surface area contributed by atoms with Crippen molar-refractivity contribution in [2.24, 2.45) is 0 Å². The van der Waals surface area contributed by atoms with Crippen LogP contribution in [0.5, 0.6) is 0 Å². The van der Waals surface area contributed by atoms with E-state index < -0.39 is 5.97 Å². The van der Waals surface area contributed by atoms with E-state index in [0.29, 0.717) is 5.56 Å². The predicted octanol–water partition coefficient (Wildman–Crippen LogP) is 2.34. The number of carboxylic acid groups (broad SMARTS) is 1. The van der Waals surface area contributed by atoms with Gasteiger partial charge in [0.05, 0.1) is 6.42 Å². The lowest BCUT2D eigenvalue weighted by molar-refractivity contribution is -0.136. The van der Waals surface area contributed by atoms with Crippen LogP contribution in [0.15, 0.2) is 41.3 Å². The van der Waals surface area contributed by atoms with Crippen LogP contribution in [0.2, 0.25) is 0 Å². The molecule has 104 valence electrons. The maximum Gasteiger partial charge on any atom is 0.308 e. The van der Waals surface area contributed by atoms with Crippen LogP contribution in [0.25, 0.3) is 5.69 Å². The average Bonchev–Trinajstić information content (AvgIpc) is 2.41. The average molecular weight is 271 g/mol. The topological polar surface area (TPSA) is 59.3 Å². The van der Waals surface area contributed by atoms with E-state index in [1.807, 2.05) is 35.8 Å². The van der Waals surface area contributed by atoms with E-state index in [2.05, 4.69) is 6.92 Å². The zero-order chi connectivity index (χ0) is 14.7. The van der Waals surface area contributed by atoms with Crippen LogP contribution in [0, 0.1) is 6.92 Å². The minimum absolute atomic E-state index is 0.230. The number of rotatable bonds is 4. The molecule has 0 aliphatic heterocycles. The molecule has 2 rings (SSSR count). The first kappa shape index (κ1) is 14.1.